The van der Waals surface area contributed by atoms with Crippen LogP contribution in [0.1, 0.15) is 25.3 Å². The van der Waals surface area contributed by atoms with Crippen LogP contribution >= 0.6 is 0 Å². The Morgan fingerprint density at radius 3 is 2.64 bits per heavy atom. The highest BCUT2D eigenvalue weighted by atomic mass is 19.4. The molecule has 22 heavy (non-hydrogen) atoms. The molecule has 0 fully saturated rings. The lowest BCUT2D eigenvalue weighted by Gasteiger charge is -2.13. The van der Waals surface area contributed by atoms with Crippen LogP contribution in [0, 0.1) is 0 Å². The SMILES string of the molecule is CCCCNc1ccnc(Nc2ccccc2C(F)(F)F)n1. The summed E-state index contributed by atoms with van der Waals surface area (Å²) in [7, 11) is 0. The Hall–Kier alpha value is -2.31. The van der Waals surface area contributed by atoms with Gasteiger partial charge in [-0.1, -0.05) is 25.5 Å². The van der Waals surface area contributed by atoms with Gasteiger partial charge in [-0.25, -0.2) is 4.98 Å². The van der Waals surface area contributed by atoms with E-state index in [0.29, 0.717) is 5.82 Å². The Morgan fingerprint density at radius 2 is 1.91 bits per heavy atom. The lowest BCUT2D eigenvalue weighted by atomic mass is 10.1. The normalized spacial score (nSPS) is 11.3. The number of anilines is 3. The molecular formula is C15H17F3N4. The summed E-state index contributed by atoms with van der Waals surface area (Å²) in [4.78, 5) is 8.12. The van der Waals surface area contributed by atoms with Gasteiger partial charge in [-0.2, -0.15) is 18.2 Å². The van der Waals surface area contributed by atoms with Crippen molar-refractivity contribution in [2.45, 2.75) is 25.9 Å². The zero-order valence-electron chi connectivity index (χ0n) is 12.1. The van der Waals surface area contributed by atoms with Gasteiger partial charge in [0.1, 0.15) is 5.82 Å². The number of aromatic nitrogens is 2. The molecule has 2 aromatic rings. The van der Waals surface area contributed by atoms with Crippen molar-refractivity contribution in [2.75, 3.05) is 17.2 Å². The first-order valence-electron chi connectivity index (χ1n) is 7.01. The molecule has 0 bridgehead atoms. The number of nitrogens with one attached hydrogen (secondary N) is 2. The van der Waals surface area contributed by atoms with Gasteiger partial charge in [-0.05, 0) is 24.6 Å². The molecule has 0 aliphatic heterocycles. The molecule has 0 unspecified atom stereocenters. The van der Waals surface area contributed by atoms with Crippen molar-refractivity contribution in [3.05, 3.63) is 42.1 Å². The molecule has 0 spiro atoms. The number of benzene rings is 1. The second-order valence-corrected chi connectivity index (χ2v) is 4.71. The van der Waals surface area contributed by atoms with Crippen LogP contribution in [-0.4, -0.2) is 16.5 Å². The maximum Gasteiger partial charge on any atom is 0.418 e. The fourth-order valence-electron chi connectivity index (χ4n) is 1.87. The number of nitrogens with zero attached hydrogens (tertiary/aromatic N) is 2. The van der Waals surface area contributed by atoms with Crippen molar-refractivity contribution in [2.24, 2.45) is 0 Å². The standard InChI is InChI=1S/C15H17F3N4/c1-2-3-9-19-13-8-10-20-14(22-13)21-12-7-5-4-6-11(12)15(16,17)18/h4-8,10H,2-3,9H2,1H3,(H2,19,20,21,22). The van der Waals surface area contributed by atoms with Crippen molar-refractivity contribution in [1.29, 1.82) is 0 Å². The van der Waals surface area contributed by atoms with E-state index in [1.807, 2.05) is 0 Å². The van der Waals surface area contributed by atoms with E-state index in [4.69, 9.17) is 0 Å². The van der Waals surface area contributed by atoms with E-state index in [-0.39, 0.29) is 11.6 Å². The molecule has 118 valence electrons. The molecule has 0 saturated heterocycles. The van der Waals surface area contributed by atoms with Gasteiger partial charge in [0, 0.05) is 12.7 Å². The van der Waals surface area contributed by atoms with Crippen molar-refractivity contribution in [1.82, 2.24) is 9.97 Å². The van der Waals surface area contributed by atoms with Gasteiger partial charge < -0.3 is 10.6 Å². The average molecular weight is 310 g/mol. The maximum absolute atomic E-state index is 12.9. The minimum Gasteiger partial charge on any atom is -0.370 e. The summed E-state index contributed by atoms with van der Waals surface area (Å²) in [5, 5.41) is 5.73. The second-order valence-electron chi connectivity index (χ2n) is 4.71. The van der Waals surface area contributed by atoms with Gasteiger partial charge in [0.2, 0.25) is 5.95 Å². The topological polar surface area (TPSA) is 49.8 Å². The Bertz CT molecular complexity index is 614. The first-order valence-corrected chi connectivity index (χ1v) is 7.01. The molecule has 0 aliphatic carbocycles. The zero-order chi connectivity index (χ0) is 16.0. The highest BCUT2D eigenvalue weighted by Crippen LogP contribution is 2.35. The summed E-state index contributed by atoms with van der Waals surface area (Å²) in [6, 6.07) is 6.92. The molecule has 1 aromatic heterocycles. The van der Waals surface area contributed by atoms with Gasteiger partial charge in [0.05, 0.1) is 11.3 Å². The van der Waals surface area contributed by atoms with E-state index in [1.54, 1.807) is 6.07 Å². The van der Waals surface area contributed by atoms with E-state index in [9.17, 15) is 13.2 Å². The Morgan fingerprint density at radius 1 is 1.14 bits per heavy atom. The van der Waals surface area contributed by atoms with E-state index >= 15 is 0 Å². The maximum atomic E-state index is 12.9. The monoisotopic (exact) mass is 310 g/mol. The minimum atomic E-state index is -4.43. The molecule has 0 saturated carbocycles. The number of hydrogen-bond acceptors (Lipinski definition) is 4. The molecule has 2 N–H and O–H groups in total. The van der Waals surface area contributed by atoms with Crippen LogP contribution < -0.4 is 10.6 Å². The van der Waals surface area contributed by atoms with Crippen LogP contribution in [0.2, 0.25) is 0 Å². The first kappa shape index (κ1) is 16.1. The van der Waals surface area contributed by atoms with Gasteiger partial charge in [0.25, 0.3) is 0 Å². The summed E-state index contributed by atoms with van der Waals surface area (Å²) in [5.41, 5.74) is -0.816. The summed E-state index contributed by atoms with van der Waals surface area (Å²) in [6.45, 7) is 2.83. The summed E-state index contributed by atoms with van der Waals surface area (Å²) < 4.78 is 38.8. The first-order chi connectivity index (χ1) is 10.5. The van der Waals surface area contributed by atoms with Crippen LogP contribution in [0.5, 0.6) is 0 Å². The number of alkyl halides is 3. The predicted molar refractivity (Wildman–Crippen MR) is 80.2 cm³/mol. The molecule has 0 radical (unpaired) electrons. The molecule has 1 heterocycles. The lowest BCUT2D eigenvalue weighted by molar-refractivity contribution is -0.136. The lowest BCUT2D eigenvalue weighted by Crippen LogP contribution is -2.10. The highest BCUT2D eigenvalue weighted by Gasteiger charge is 2.33. The van der Waals surface area contributed by atoms with Crippen LogP contribution in [0.4, 0.5) is 30.6 Å². The quantitative estimate of drug-likeness (QED) is 0.774. The summed E-state index contributed by atoms with van der Waals surface area (Å²) in [5.74, 6) is 0.702. The number of para-hydroxylation sites is 1. The number of halogens is 3. The van der Waals surface area contributed by atoms with Crippen molar-refractivity contribution in [3.63, 3.8) is 0 Å². The van der Waals surface area contributed by atoms with Crippen molar-refractivity contribution >= 4 is 17.5 Å². The van der Waals surface area contributed by atoms with Gasteiger partial charge in [-0.15, -0.1) is 0 Å². The molecule has 7 heteroatoms. The Balaban J connectivity index is 2.16. The molecular weight excluding hydrogens is 293 g/mol. The molecule has 4 nitrogen and oxygen atoms in total. The molecule has 0 amide bonds. The van der Waals surface area contributed by atoms with Gasteiger partial charge in [0.15, 0.2) is 0 Å². The summed E-state index contributed by atoms with van der Waals surface area (Å²) >= 11 is 0. The van der Waals surface area contributed by atoms with Crippen LogP contribution in [0.25, 0.3) is 0 Å². The third kappa shape index (κ3) is 4.34. The van der Waals surface area contributed by atoms with E-state index in [0.717, 1.165) is 25.5 Å². The fourth-order valence-corrected chi connectivity index (χ4v) is 1.87. The number of unbranched alkanes of at least 4 members (excludes halogenated alkanes) is 1. The smallest absolute Gasteiger partial charge is 0.370 e. The Labute approximate surface area is 126 Å². The number of hydrogen-bond donors (Lipinski definition) is 2. The number of rotatable bonds is 6. The fraction of sp³-hybridized carbons (Fsp3) is 0.333. The highest BCUT2D eigenvalue weighted by molar-refractivity contribution is 5.60. The van der Waals surface area contributed by atoms with E-state index in [2.05, 4.69) is 27.5 Å². The average Bonchev–Trinajstić information content (AvgIpc) is 2.47. The van der Waals surface area contributed by atoms with Crippen LogP contribution in [0.15, 0.2) is 36.5 Å². The second kappa shape index (κ2) is 7.11. The third-order valence-electron chi connectivity index (χ3n) is 2.97. The molecule has 1 aromatic carbocycles. The zero-order valence-corrected chi connectivity index (χ0v) is 12.1. The largest absolute Gasteiger partial charge is 0.418 e. The predicted octanol–water partition coefficient (Wildman–Crippen LogP) is 4.45. The van der Waals surface area contributed by atoms with Crippen molar-refractivity contribution in [3.8, 4) is 0 Å². The molecule has 0 aliphatic rings. The van der Waals surface area contributed by atoms with Gasteiger partial charge in [-0.3, -0.25) is 0 Å². The molecule has 2 rings (SSSR count). The summed E-state index contributed by atoms with van der Waals surface area (Å²) in [6.07, 6.45) is -0.897. The molecule has 0 atom stereocenters. The van der Waals surface area contributed by atoms with E-state index < -0.39 is 11.7 Å². The van der Waals surface area contributed by atoms with Crippen LogP contribution in [0.3, 0.4) is 0 Å². The van der Waals surface area contributed by atoms with Crippen molar-refractivity contribution < 1.29 is 13.2 Å². The van der Waals surface area contributed by atoms with Gasteiger partial charge >= 0.3 is 6.18 Å². The van der Waals surface area contributed by atoms with E-state index in [1.165, 1.54) is 24.4 Å². The third-order valence-corrected chi connectivity index (χ3v) is 2.97. The van der Waals surface area contributed by atoms with Crippen LogP contribution in [-0.2, 0) is 6.18 Å². The minimum absolute atomic E-state index is 0.0688. The Kier molecular flexibility index (Phi) is 5.19.